The normalized spacial score (nSPS) is 19.6. The van der Waals surface area contributed by atoms with Gasteiger partial charge in [0.15, 0.2) is 0 Å². The first-order chi connectivity index (χ1) is 16.4. The topological polar surface area (TPSA) is 88.2 Å². The van der Waals surface area contributed by atoms with Crippen LogP contribution in [-0.2, 0) is 19.1 Å². The first kappa shape index (κ1) is 25.8. The molecule has 184 valence electrons. The van der Waals surface area contributed by atoms with Crippen molar-refractivity contribution < 1.29 is 23.9 Å². The number of nitrogens with zero attached hydrogens (tertiary/aromatic N) is 2. The average molecular weight is 490 g/mol. The van der Waals surface area contributed by atoms with Crippen LogP contribution in [0.5, 0.6) is 0 Å². The van der Waals surface area contributed by atoms with Crippen LogP contribution < -0.4 is 5.32 Å². The van der Waals surface area contributed by atoms with Crippen LogP contribution >= 0.6 is 11.6 Å². The Morgan fingerprint density at radius 2 is 1.85 bits per heavy atom. The van der Waals surface area contributed by atoms with E-state index < -0.39 is 12.0 Å². The Bertz CT molecular complexity index is 956. The van der Waals surface area contributed by atoms with E-state index in [1.54, 1.807) is 38.1 Å². The molecule has 34 heavy (non-hydrogen) atoms. The highest BCUT2D eigenvalue weighted by Gasteiger charge is 2.39. The van der Waals surface area contributed by atoms with Crippen LogP contribution in [0.1, 0.15) is 38.3 Å². The molecule has 0 aliphatic carbocycles. The highest BCUT2D eigenvalue weighted by Crippen LogP contribution is 2.35. The minimum absolute atomic E-state index is 0.135. The van der Waals surface area contributed by atoms with Gasteiger partial charge in [-0.2, -0.15) is 0 Å². The second-order valence-corrected chi connectivity index (χ2v) is 8.59. The highest BCUT2D eigenvalue weighted by molar-refractivity contribution is 6.31. The molecule has 2 aliphatic rings. The fourth-order valence-electron chi connectivity index (χ4n) is 4.39. The van der Waals surface area contributed by atoms with Gasteiger partial charge >= 0.3 is 18.0 Å². The van der Waals surface area contributed by atoms with Crippen molar-refractivity contribution in [3.63, 3.8) is 0 Å². The molecule has 0 aromatic heterocycles. The maximum Gasteiger partial charge on any atom is 0.338 e. The lowest BCUT2D eigenvalue weighted by Gasteiger charge is -2.39. The Morgan fingerprint density at radius 3 is 2.47 bits per heavy atom. The van der Waals surface area contributed by atoms with Gasteiger partial charge in [0.1, 0.15) is 0 Å². The number of halogens is 1. The summed E-state index contributed by atoms with van der Waals surface area (Å²) in [5.74, 6) is -0.805. The number of amides is 2. The lowest BCUT2D eigenvalue weighted by molar-refractivity contribution is -0.149. The molecular weight excluding hydrogens is 458 g/mol. The Balaban J connectivity index is 1.97. The third kappa shape index (κ3) is 5.80. The SMILES string of the molecule is C=CCN1C(=O)N[C@@H](c2ccccc2Cl)C(C(=O)OCC)=C1CN1CCC(C(=O)OCC)CC1. The van der Waals surface area contributed by atoms with E-state index >= 15 is 0 Å². The minimum atomic E-state index is -0.742. The van der Waals surface area contributed by atoms with E-state index in [0.717, 1.165) is 0 Å². The maximum atomic E-state index is 13.2. The molecule has 0 saturated carbocycles. The van der Waals surface area contributed by atoms with E-state index in [1.165, 1.54) is 4.90 Å². The summed E-state index contributed by atoms with van der Waals surface area (Å²) in [6, 6.07) is 6.04. The van der Waals surface area contributed by atoms with Crippen molar-refractivity contribution in [2.45, 2.75) is 32.7 Å². The van der Waals surface area contributed by atoms with Gasteiger partial charge in [-0.25, -0.2) is 9.59 Å². The van der Waals surface area contributed by atoms with Crippen molar-refractivity contribution in [3.8, 4) is 0 Å². The first-order valence-electron chi connectivity index (χ1n) is 11.6. The van der Waals surface area contributed by atoms with Crippen LogP contribution in [0.4, 0.5) is 4.79 Å². The molecule has 2 heterocycles. The molecule has 9 heteroatoms. The number of likely N-dealkylation sites (tertiary alicyclic amines) is 1. The number of hydrogen-bond acceptors (Lipinski definition) is 6. The summed E-state index contributed by atoms with van der Waals surface area (Å²) in [4.78, 5) is 42.1. The fourth-order valence-corrected chi connectivity index (χ4v) is 4.63. The molecule has 0 unspecified atom stereocenters. The summed E-state index contributed by atoms with van der Waals surface area (Å²) in [7, 11) is 0. The second-order valence-electron chi connectivity index (χ2n) is 8.19. The van der Waals surface area contributed by atoms with Crippen molar-refractivity contribution in [1.29, 1.82) is 0 Å². The lowest BCUT2D eigenvalue weighted by atomic mass is 9.93. The van der Waals surface area contributed by atoms with Gasteiger partial charge < -0.3 is 14.8 Å². The van der Waals surface area contributed by atoms with Crippen LogP contribution in [0, 0.1) is 5.92 Å². The molecular formula is C25H32ClN3O5. The third-order valence-corrected chi connectivity index (χ3v) is 6.39. The van der Waals surface area contributed by atoms with Crippen molar-refractivity contribution in [3.05, 3.63) is 58.8 Å². The van der Waals surface area contributed by atoms with E-state index in [-0.39, 0.29) is 31.1 Å². The predicted molar refractivity (Wildman–Crippen MR) is 129 cm³/mol. The largest absolute Gasteiger partial charge is 0.466 e. The zero-order chi connectivity index (χ0) is 24.7. The Kier molecular flexibility index (Phi) is 9.12. The zero-order valence-corrected chi connectivity index (χ0v) is 20.5. The van der Waals surface area contributed by atoms with E-state index in [9.17, 15) is 14.4 Å². The van der Waals surface area contributed by atoms with Crippen molar-refractivity contribution in [2.24, 2.45) is 5.92 Å². The van der Waals surface area contributed by atoms with Crippen molar-refractivity contribution >= 4 is 29.6 Å². The van der Waals surface area contributed by atoms with Gasteiger partial charge in [-0.1, -0.05) is 35.9 Å². The lowest BCUT2D eigenvalue weighted by Crippen LogP contribution is -2.51. The number of piperidine rings is 1. The third-order valence-electron chi connectivity index (χ3n) is 6.04. The van der Waals surface area contributed by atoms with E-state index in [0.29, 0.717) is 60.9 Å². The molecule has 3 rings (SSSR count). The van der Waals surface area contributed by atoms with Crippen LogP contribution in [0.15, 0.2) is 48.2 Å². The number of ether oxygens (including phenoxy) is 2. The molecule has 1 aromatic carbocycles. The summed E-state index contributed by atoms with van der Waals surface area (Å²) in [6.45, 7) is 9.75. The van der Waals surface area contributed by atoms with Gasteiger partial charge in [-0.05, 0) is 51.4 Å². The van der Waals surface area contributed by atoms with Crippen LogP contribution in [0.3, 0.4) is 0 Å². The molecule has 1 N–H and O–H groups in total. The van der Waals surface area contributed by atoms with Gasteiger partial charge in [-0.15, -0.1) is 6.58 Å². The van der Waals surface area contributed by atoms with E-state index in [4.69, 9.17) is 21.1 Å². The van der Waals surface area contributed by atoms with Crippen molar-refractivity contribution in [1.82, 2.24) is 15.1 Å². The second kappa shape index (κ2) is 12.0. The summed E-state index contributed by atoms with van der Waals surface area (Å²) >= 11 is 6.45. The number of carbonyl (C=O) groups excluding carboxylic acids is 3. The number of carbonyl (C=O) groups is 3. The maximum absolute atomic E-state index is 13.2. The zero-order valence-electron chi connectivity index (χ0n) is 19.7. The highest BCUT2D eigenvalue weighted by atomic mass is 35.5. The number of nitrogens with one attached hydrogen (secondary N) is 1. The van der Waals surface area contributed by atoms with Crippen LogP contribution in [0.25, 0.3) is 0 Å². The van der Waals surface area contributed by atoms with Gasteiger partial charge in [0, 0.05) is 23.8 Å². The minimum Gasteiger partial charge on any atom is -0.466 e. The van der Waals surface area contributed by atoms with Gasteiger partial charge in [0.2, 0.25) is 0 Å². The van der Waals surface area contributed by atoms with E-state index in [2.05, 4.69) is 16.8 Å². The van der Waals surface area contributed by atoms with Crippen LogP contribution in [0.2, 0.25) is 5.02 Å². The van der Waals surface area contributed by atoms with Crippen LogP contribution in [-0.4, -0.2) is 67.2 Å². The standard InChI is InChI=1S/C25H32ClN3O5/c1-4-13-29-20(16-28-14-11-17(12-15-28)23(30)33-5-2)21(24(31)34-6-3)22(27-25(29)32)18-9-7-8-10-19(18)26/h4,7-10,17,22H,1,5-6,11-16H2,2-3H3,(H,27,32)/t22-/m0/s1. The van der Waals surface area contributed by atoms with E-state index in [1.807, 2.05) is 6.07 Å². The quantitative estimate of drug-likeness (QED) is 0.420. The van der Waals surface area contributed by atoms with Gasteiger partial charge in [0.05, 0.1) is 30.7 Å². The van der Waals surface area contributed by atoms with Gasteiger partial charge in [0.25, 0.3) is 0 Å². The number of urea groups is 1. The summed E-state index contributed by atoms with van der Waals surface area (Å²) in [5.41, 5.74) is 1.53. The molecule has 8 nitrogen and oxygen atoms in total. The smallest absolute Gasteiger partial charge is 0.338 e. The Labute approximate surface area is 205 Å². The molecule has 1 saturated heterocycles. The monoisotopic (exact) mass is 489 g/mol. The summed E-state index contributed by atoms with van der Waals surface area (Å²) in [5, 5.41) is 3.36. The number of rotatable bonds is 9. The molecule has 0 spiro atoms. The molecule has 2 aliphatic heterocycles. The molecule has 1 fully saturated rings. The molecule has 0 bridgehead atoms. The first-order valence-corrected chi connectivity index (χ1v) is 12.0. The molecule has 1 atom stereocenters. The molecule has 2 amide bonds. The molecule has 1 aromatic rings. The number of hydrogen-bond donors (Lipinski definition) is 1. The Morgan fingerprint density at radius 1 is 1.18 bits per heavy atom. The fraction of sp³-hybridized carbons (Fsp3) is 0.480. The predicted octanol–water partition coefficient (Wildman–Crippen LogP) is 3.68. The Hall–Kier alpha value is -2.84. The summed E-state index contributed by atoms with van der Waals surface area (Å²) in [6.07, 6.45) is 2.93. The van der Waals surface area contributed by atoms with Gasteiger partial charge in [-0.3, -0.25) is 14.6 Å². The number of benzene rings is 1. The van der Waals surface area contributed by atoms with Crippen molar-refractivity contribution in [2.75, 3.05) is 39.4 Å². The number of esters is 2. The molecule has 0 radical (unpaired) electrons. The summed E-state index contributed by atoms with van der Waals surface area (Å²) < 4.78 is 10.6. The average Bonchev–Trinajstić information content (AvgIpc) is 2.82.